The minimum absolute atomic E-state index is 0.213. The number of thiazole rings is 1. The molecule has 5 rings (SSSR count). The summed E-state index contributed by atoms with van der Waals surface area (Å²) in [5.74, 6) is 0.135. The normalized spacial score (nSPS) is 15.8. The summed E-state index contributed by atoms with van der Waals surface area (Å²) >= 11 is 1.59. The SMILES string of the molecule is O=C(O)c1ccc2c(c1)OCCc1sc(-n3nncc3C3CC3)nc1-2. The van der Waals surface area contributed by atoms with Crippen LogP contribution in [0, 0.1) is 0 Å². The van der Waals surface area contributed by atoms with Gasteiger partial charge in [-0.25, -0.2) is 9.78 Å². The Morgan fingerprint density at radius 1 is 1.36 bits per heavy atom. The minimum atomic E-state index is -0.966. The molecule has 0 radical (unpaired) electrons. The van der Waals surface area contributed by atoms with Crippen LogP contribution in [0.3, 0.4) is 0 Å². The number of nitrogens with zero attached hydrogens (tertiary/aromatic N) is 4. The van der Waals surface area contributed by atoms with E-state index in [-0.39, 0.29) is 5.56 Å². The van der Waals surface area contributed by atoms with E-state index in [1.807, 2.05) is 10.9 Å². The summed E-state index contributed by atoms with van der Waals surface area (Å²) in [5, 5.41) is 18.2. The molecule has 0 spiro atoms. The van der Waals surface area contributed by atoms with E-state index in [0.29, 0.717) is 18.3 Å². The molecule has 0 bridgehead atoms. The zero-order valence-electron chi connectivity index (χ0n) is 13.2. The van der Waals surface area contributed by atoms with Gasteiger partial charge in [0.1, 0.15) is 5.75 Å². The predicted molar refractivity (Wildman–Crippen MR) is 90.6 cm³/mol. The van der Waals surface area contributed by atoms with Crippen LogP contribution in [-0.4, -0.2) is 37.7 Å². The van der Waals surface area contributed by atoms with Gasteiger partial charge in [0.2, 0.25) is 5.13 Å². The van der Waals surface area contributed by atoms with Gasteiger partial charge in [-0.05, 0) is 31.0 Å². The molecule has 7 nitrogen and oxygen atoms in total. The van der Waals surface area contributed by atoms with Gasteiger partial charge in [-0.2, -0.15) is 4.68 Å². The van der Waals surface area contributed by atoms with Crippen LogP contribution in [0.1, 0.15) is 39.7 Å². The van der Waals surface area contributed by atoms with Crippen molar-refractivity contribution in [1.82, 2.24) is 20.0 Å². The predicted octanol–water partition coefficient (Wildman–Crippen LogP) is 2.90. The van der Waals surface area contributed by atoms with Gasteiger partial charge in [-0.3, -0.25) is 0 Å². The largest absolute Gasteiger partial charge is 0.492 e. The van der Waals surface area contributed by atoms with E-state index in [4.69, 9.17) is 9.72 Å². The summed E-state index contributed by atoms with van der Waals surface area (Å²) in [6.45, 7) is 0.498. The van der Waals surface area contributed by atoms with Crippen LogP contribution in [0.4, 0.5) is 0 Å². The Hall–Kier alpha value is -2.74. The molecule has 1 aromatic carbocycles. The third-order valence-corrected chi connectivity index (χ3v) is 5.60. The van der Waals surface area contributed by atoms with E-state index in [1.165, 1.54) is 12.8 Å². The number of ether oxygens (including phenoxy) is 1. The highest BCUT2D eigenvalue weighted by atomic mass is 32.1. The Labute approximate surface area is 146 Å². The summed E-state index contributed by atoms with van der Waals surface area (Å²) < 4.78 is 7.59. The molecule has 0 amide bonds. The first-order chi connectivity index (χ1) is 12.2. The Morgan fingerprint density at radius 2 is 2.24 bits per heavy atom. The van der Waals surface area contributed by atoms with E-state index in [2.05, 4.69) is 10.3 Å². The van der Waals surface area contributed by atoms with Crippen molar-refractivity contribution in [3.05, 3.63) is 40.5 Å². The van der Waals surface area contributed by atoms with Gasteiger partial charge in [0, 0.05) is 22.8 Å². The zero-order valence-corrected chi connectivity index (χ0v) is 14.0. The Balaban J connectivity index is 1.62. The van der Waals surface area contributed by atoms with E-state index >= 15 is 0 Å². The average molecular weight is 354 g/mol. The van der Waals surface area contributed by atoms with E-state index in [1.54, 1.807) is 29.5 Å². The van der Waals surface area contributed by atoms with Crippen LogP contribution in [-0.2, 0) is 6.42 Å². The molecular weight excluding hydrogens is 340 g/mol. The lowest BCUT2D eigenvalue weighted by atomic mass is 10.1. The first-order valence-corrected chi connectivity index (χ1v) is 8.93. The molecule has 3 aromatic rings. The zero-order chi connectivity index (χ0) is 17.0. The third-order valence-electron chi connectivity index (χ3n) is 4.51. The summed E-state index contributed by atoms with van der Waals surface area (Å²) in [5.41, 5.74) is 3.00. The second-order valence-electron chi connectivity index (χ2n) is 6.23. The fraction of sp³-hybridized carbons (Fsp3) is 0.294. The fourth-order valence-electron chi connectivity index (χ4n) is 3.08. The van der Waals surface area contributed by atoms with Crippen LogP contribution in [0.25, 0.3) is 16.4 Å². The highest BCUT2D eigenvalue weighted by Gasteiger charge is 2.30. The highest BCUT2D eigenvalue weighted by molar-refractivity contribution is 7.14. The minimum Gasteiger partial charge on any atom is -0.492 e. The Kier molecular flexibility index (Phi) is 3.14. The molecule has 1 fully saturated rings. The van der Waals surface area contributed by atoms with Crippen LogP contribution in [0.2, 0.25) is 0 Å². The smallest absolute Gasteiger partial charge is 0.335 e. The van der Waals surface area contributed by atoms with Gasteiger partial charge < -0.3 is 9.84 Å². The fourth-order valence-corrected chi connectivity index (χ4v) is 4.11. The second-order valence-corrected chi connectivity index (χ2v) is 7.29. The number of fused-ring (bicyclic) bond motifs is 3. The number of hydrogen-bond donors (Lipinski definition) is 1. The van der Waals surface area contributed by atoms with Crippen LogP contribution >= 0.6 is 11.3 Å². The van der Waals surface area contributed by atoms with Gasteiger partial charge in [0.15, 0.2) is 0 Å². The van der Waals surface area contributed by atoms with Crippen LogP contribution in [0.15, 0.2) is 24.4 Å². The average Bonchev–Trinajstić information content (AvgIpc) is 3.23. The second kappa shape index (κ2) is 5.38. The summed E-state index contributed by atoms with van der Waals surface area (Å²) in [6.07, 6.45) is 4.90. The van der Waals surface area contributed by atoms with Crippen LogP contribution < -0.4 is 4.74 Å². The molecule has 1 saturated carbocycles. The molecule has 2 aromatic heterocycles. The summed E-state index contributed by atoms with van der Waals surface area (Å²) in [6, 6.07) is 4.93. The third kappa shape index (κ3) is 2.41. The van der Waals surface area contributed by atoms with Crippen molar-refractivity contribution >= 4 is 17.3 Å². The molecule has 0 atom stereocenters. The summed E-state index contributed by atoms with van der Waals surface area (Å²) in [4.78, 5) is 17.1. The van der Waals surface area contributed by atoms with E-state index < -0.39 is 5.97 Å². The Morgan fingerprint density at radius 3 is 3.04 bits per heavy atom. The van der Waals surface area contributed by atoms with Gasteiger partial charge in [0.05, 0.1) is 29.8 Å². The first kappa shape index (κ1) is 14.6. The topological polar surface area (TPSA) is 90.1 Å². The van der Waals surface area contributed by atoms with Gasteiger partial charge in [0.25, 0.3) is 0 Å². The number of hydrogen-bond acceptors (Lipinski definition) is 6. The van der Waals surface area contributed by atoms with Crippen LogP contribution in [0.5, 0.6) is 5.75 Å². The van der Waals surface area contributed by atoms with Crippen molar-refractivity contribution in [2.45, 2.75) is 25.2 Å². The van der Waals surface area contributed by atoms with Gasteiger partial charge in [-0.1, -0.05) is 16.6 Å². The highest BCUT2D eigenvalue weighted by Crippen LogP contribution is 2.42. The molecule has 0 saturated heterocycles. The first-order valence-electron chi connectivity index (χ1n) is 8.12. The van der Waals surface area contributed by atoms with Crippen molar-refractivity contribution in [3.63, 3.8) is 0 Å². The van der Waals surface area contributed by atoms with Gasteiger partial charge in [-0.15, -0.1) is 5.10 Å². The molecule has 2 aliphatic rings. The maximum absolute atomic E-state index is 11.2. The number of benzene rings is 1. The molecule has 8 heteroatoms. The number of aromatic carboxylic acids is 1. The quantitative estimate of drug-likeness (QED) is 0.778. The molecular formula is C17H14N4O3S. The molecule has 25 heavy (non-hydrogen) atoms. The number of rotatable bonds is 3. The molecule has 1 aliphatic heterocycles. The lowest BCUT2D eigenvalue weighted by Gasteiger charge is -2.07. The van der Waals surface area contributed by atoms with Crippen molar-refractivity contribution < 1.29 is 14.6 Å². The molecule has 1 aliphatic carbocycles. The van der Waals surface area contributed by atoms with Crippen molar-refractivity contribution in [1.29, 1.82) is 0 Å². The lowest BCUT2D eigenvalue weighted by molar-refractivity contribution is 0.0696. The Bertz CT molecular complexity index is 990. The van der Waals surface area contributed by atoms with Crippen molar-refractivity contribution in [3.8, 4) is 22.1 Å². The number of carboxylic acids is 1. The monoisotopic (exact) mass is 354 g/mol. The standard InChI is InChI=1S/C17H14N4O3S/c22-16(23)10-3-4-11-13(7-10)24-6-5-14-15(11)19-17(25-14)21-12(8-18-20-21)9-1-2-9/h3-4,7-9H,1-2,5-6H2,(H,22,23). The number of aromatic nitrogens is 4. The van der Waals surface area contributed by atoms with E-state index in [0.717, 1.165) is 33.4 Å². The molecule has 126 valence electrons. The molecule has 0 unspecified atom stereocenters. The van der Waals surface area contributed by atoms with E-state index in [9.17, 15) is 9.90 Å². The lowest BCUT2D eigenvalue weighted by Crippen LogP contribution is -2.02. The summed E-state index contributed by atoms with van der Waals surface area (Å²) in [7, 11) is 0. The van der Waals surface area contributed by atoms with Crippen molar-refractivity contribution in [2.24, 2.45) is 0 Å². The molecule has 1 N–H and O–H groups in total. The van der Waals surface area contributed by atoms with Crippen molar-refractivity contribution in [2.75, 3.05) is 6.61 Å². The van der Waals surface area contributed by atoms with Gasteiger partial charge >= 0.3 is 5.97 Å². The maximum Gasteiger partial charge on any atom is 0.335 e. The molecule has 3 heterocycles. The number of carbonyl (C=O) groups is 1. The maximum atomic E-state index is 11.2. The number of carboxylic acid groups (broad SMARTS) is 1.